The zero-order valence-corrected chi connectivity index (χ0v) is 28.5. The fourth-order valence-corrected chi connectivity index (χ4v) is 4.32. The standard InChI is InChI=1S/C27H50N8O10S2/c1-4-13(2)20(25(42)33-18(12-47)27(44)45)34-26(43)21(14(3)37)35-24(41)16(7-5-6-8-28)31-19(38)9-30-23(40)17(10-36)32-22(39)15(29)11-46/h13-18,20-21,36-37,46-47H,4-12,28-29H2,1-3H3,(H,30,40)(H,31,38)(H,32,39)(H,33,42)(H,34,43)(H,35,41)(H,44,45)/t13-,14+,15-,16-,17-,18-,20-,21-/m0/s1. The molecule has 0 rings (SSSR count). The summed E-state index contributed by atoms with van der Waals surface area (Å²) in [6.45, 7) is 3.46. The lowest BCUT2D eigenvalue weighted by Gasteiger charge is -2.29. The maximum absolute atomic E-state index is 13.3. The first kappa shape index (κ1) is 43.8. The predicted octanol–water partition coefficient (Wildman–Crippen LogP) is -4.65. The van der Waals surface area contributed by atoms with Crippen LogP contribution in [-0.4, -0.2) is 130 Å². The highest BCUT2D eigenvalue weighted by Gasteiger charge is 2.35. The number of aliphatic hydroxyl groups excluding tert-OH is 2. The number of aliphatic hydroxyl groups is 2. The van der Waals surface area contributed by atoms with Crippen LogP contribution in [0.3, 0.4) is 0 Å². The van der Waals surface area contributed by atoms with Crippen molar-refractivity contribution in [2.45, 2.75) is 88.8 Å². The van der Waals surface area contributed by atoms with Gasteiger partial charge in [0, 0.05) is 11.5 Å². The molecular formula is C27H50N8O10S2. The van der Waals surface area contributed by atoms with Crippen molar-refractivity contribution in [1.29, 1.82) is 0 Å². The van der Waals surface area contributed by atoms with Gasteiger partial charge in [0.25, 0.3) is 0 Å². The van der Waals surface area contributed by atoms with Crippen LogP contribution in [0.25, 0.3) is 0 Å². The number of carboxylic acid groups (broad SMARTS) is 1. The molecular weight excluding hydrogens is 660 g/mol. The van der Waals surface area contributed by atoms with E-state index in [4.69, 9.17) is 11.5 Å². The van der Waals surface area contributed by atoms with Gasteiger partial charge in [-0.3, -0.25) is 28.8 Å². The minimum Gasteiger partial charge on any atom is -0.480 e. The number of carbonyl (C=O) groups is 7. The summed E-state index contributed by atoms with van der Waals surface area (Å²) >= 11 is 7.81. The van der Waals surface area contributed by atoms with Crippen molar-refractivity contribution >= 4 is 66.7 Å². The largest absolute Gasteiger partial charge is 0.480 e. The van der Waals surface area contributed by atoms with E-state index in [-0.39, 0.29) is 24.5 Å². The number of thiol groups is 2. The molecule has 20 heteroatoms. The van der Waals surface area contributed by atoms with Crippen molar-refractivity contribution in [2.75, 3.05) is 31.2 Å². The Kier molecular flexibility index (Phi) is 21.6. The van der Waals surface area contributed by atoms with Gasteiger partial charge < -0.3 is 58.7 Å². The normalized spacial score (nSPS) is 16.1. The molecule has 0 aliphatic heterocycles. The Morgan fingerprint density at radius 3 is 1.81 bits per heavy atom. The Hall–Kier alpha value is -3.17. The average Bonchev–Trinajstić information content (AvgIpc) is 3.04. The second-order valence-corrected chi connectivity index (χ2v) is 11.6. The first-order chi connectivity index (χ1) is 22.1. The van der Waals surface area contributed by atoms with Crippen molar-refractivity contribution in [3.8, 4) is 0 Å². The lowest BCUT2D eigenvalue weighted by atomic mass is 9.97. The molecule has 0 unspecified atom stereocenters. The summed E-state index contributed by atoms with van der Waals surface area (Å²) in [6, 6.07) is -7.84. The summed E-state index contributed by atoms with van der Waals surface area (Å²) in [5.74, 6) is -7.11. The van der Waals surface area contributed by atoms with Gasteiger partial charge >= 0.3 is 5.97 Å². The number of nitrogens with two attached hydrogens (primary N) is 2. The van der Waals surface area contributed by atoms with Crippen LogP contribution in [0, 0.1) is 5.92 Å². The first-order valence-electron chi connectivity index (χ1n) is 15.1. The molecule has 6 amide bonds. The summed E-state index contributed by atoms with van der Waals surface area (Å²) in [5, 5.41) is 43.2. The third-order valence-corrected chi connectivity index (χ3v) is 7.78. The topological polar surface area (TPSA) is 304 Å². The third-order valence-electron chi connectivity index (χ3n) is 7.02. The Bertz CT molecular complexity index is 1070. The number of hydrogen-bond acceptors (Lipinski definition) is 13. The van der Waals surface area contributed by atoms with Crippen LogP contribution in [0.2, 0.25) is 0 Å². The lowest BCUT2D eigenvalue weighted by molar-refractivity contribution is -0.142. The second-order valence-electron chi connectivity index (χ2n) is 10.8. The minimum atomic E-state index is -1.59. The van der Waals surface area contributed by atoms with Crippen LogP contribution in [0.1, 0.15) is 46.5 Å². The SMILES string of the molecule is CC[C@H](C)[C@H](NC(=O)[C@@H](NC(=O)[C@H](CCCCN)NC(=O)CNC(=O)[C@H](CO)NC(=O)[C@@H](N)CS)[C@@H](C)O)C(=O)N[C@@H](CS)C(=O)O. The van der Waals surface area contributed by atoms with Crippen LogP contribution >= 0.6 is 25.3 Å². The van der Waals surface area contributed by atoms with E-state index < -0.39 is 103 Å². The average molecular weight is 711 g/mol. The number of carbonyl (C=O) groups excluding carboxylic acids is 6. The molecule has 0 aromatic rings. The molecule has 0 aromatic heterocycles. The molecule has 13 N–H and O–H groups in total. The Morgan fingerprint density at radius 2 is 1.32 bits per heavy atom. The molecule has 0 spiro atoms. The van der Waals surface area contributed by atoms with E-state index in [2.05, 4.69) is 57.2 Å². The molecule has 47 heavy (non-hydrogen) atoms. The number of unbranched alkanes of at least 4 members (excludes halogenated alkanes) is 1. The Labute approximate surface area is 284 Å². The summed E-state index contributed by atoms with van der Waals surface area (Å²) < 4.78 is 0. The summed E-state index contributed by atoms with van der Waals surface area (Å²) in [6.07, 6.45) is -0.138. The monoisotopic (exact) mass is 710 g/mol. The highest BCUT2D eigenvalue weighted by molar-refractivity contribution is 7.80. The van der Waals surface area contributed by atoms with E-state index in [1.54, 1.807) is 13.8 Å². The van der Waals surface area contributed by atoms with Crippen LogP contribution in [0.15, 0.2) is 0 Å². The highest BCUT2D eigenvalue weighted by Crippen LogP contribution is 2.10. The van der Waals surface area contributed by atoms with Crippen LogP contribution < -0.4 is 43.4 Å². The highest BCUT2D eigenvalue weighted by atomic mass is 32.1. The van der Waals surface area contributed by atoms with Gasteiger partial charge in [-0.15, -0.1) is 0 Å². The van der Waals surface area contributed by atoms with Crippen molar-refractivity contribution in [3.63, 3.8) is 0 Å². The summed E-state index contributed by atoms with van der Waals surface area (Å²) in [7, 11) is 0. The van der Waals surface area contributed by atoms with Crippen LogP contribution in [0.4, 0.5) is 0 Å². The molecule has 0 radical (unpaired) electrons. The fourth-order valence-electron chi connectivity index (χ4n) is 3.90. The van der Waals surface area contributed by atoms with Gasteiger partial charge in [0.2, 0.25) is 35.4 Å². The van der Waals surface area contributed by atoms with Gasteiger partial charge in [-0.2, -0.15) is 25.3 Å². The zero-order valence-electron chi connectivity index (χ0n) is 26.7. The van der Waals surface area contributed by atoms with E-state index >= 15 is 0 Å². The first-order valence-corrected chi connectivity index (χ1v) is 16.3. The summed E-state index contributed by atoms with van der Waals surface area (Å²) in [5.41, 5.74) is 11.1. The van der Waals surface area contributed by atoms with Gasteiger partial charge in [-0.05, 0) is 38.6 Å². The lowest BCUT2D eigenvalue weighted by Crippen LogP contribution is -2.61. The molecule has 0 fully saturated rings. The molecule has 0 aliphatic carbocycles. The number of amides is 6. The molecule has 0 saturated heterocycles. The minimum absolute atomic E-state index is 0.0173. The molecule has 0 aliphatic rings. The van der Waals surface area contributed by atoms with E-state index in [9.17, 15) is 48.9 Å². The van der Waals surface area contributed by atoms with Gasteiger partial charge in [-0.1, -0.05) is 20.3 Å². The molecule has 8 atom stereocenters. The van der Waals surface area contributed by atoms with E-state index in [0.717, 1.165) is 0 Å². The summed E-state index contributed by atoms with van der Waals surface area (Å²) in [4.78, 5) is 87.9. The van der Waals surface area contributed by atoms with Gasteiger partial charge in [-0.25, -0.2) is 4.79 Å². The molecule has 0 aromatic carbocycles. The zero-order chi connectivity index (χ0) is 36.3. The smallest absolute Gasteiger partial charge is 0.327 e. The van der Waals surface area contributed by atoms with Crippen molar-refractivity contribution in [3.05, 3.63) is 0 Å². The number of aliphatic carboxylic acids is 1. The predicted molar refractivity (Wildman–Crippen MR) is 177 cm³/mol. The second kappa shape index (κ2) is 23.2. The van der Waals surface area contributed by atoms with Crippen LogP contribution in [-0.2, 0) is 33.6 Å². The van der Waals surface area contributed by atoms with Crippen molar-refractivity contribution in [1.82, 2.24) is 31.9 Å². The van der Waals surface area contributed by atoms with E-state index in [1.165, 1.54) is 6.92 Å². The molecule has 0 heterocycles. The van der Waals surface area contributed by atoms with Gasteiger partial charge in [0.05, 0.1) is 25.3 Å². The molecule has 270 valence electrons. The maximum atomic E-state index is 13.3. The fraction of sp³-hybridized carbons (Fsp3) is 0.741. The number of rotatable bonds is 23. The Morgan fingerprint density at radius 1 is 0.745 bits per heavy atom. The maximum Gasteiger partial charge on any atom is 0.327 e. The van der Waals surface area contributed by atoms with Crippen molar-refractivity contribution < 1.29 is 48.9 Å². The number of hydrogen-bond donors (Lipinski definition) is 13. The quantitative estimate of drug-likeness (QED) is 0.0352. The van der Waals surface area contributed by atoms with Gasteiger partial charge in [0.1, 0.15) is 30.2 Å². The van der Waals surface area contributed by atoms with E-state index in [1.807, 2.05) is 0 Å². The molecule has 18 nitrogen and oxygen atoms in total. The third kappa shape index (κ3) is 16.0. The van der Waals surface area contributed by atoms with Gasteiger partial charge in [0.15, 0.2) is 0 Å². The molecule has 0 bridgehead atoms. The van der Waals surface area contributed by atoms with Crippen LogP contribution in [0.5, 0.6) is 0 Å². The van der Waals surface area contributed by atoms with E-state index in [0.29, 0.717) is 19.3 Å². The number of nitrogens with one attached hydrogen (secondary N) is 6. The Balaban J connectivity index is 5.70. The number of carboxylic acids is 1. The molecule has 0 saturated carbocycles. The van der Waals surface area contributed by atoms with Crippen molar-refractivity contribution in [2.24, 2.45) is 17.4 Å².